The average Bonchev–Trinajstić information content (AvgIpc) is 3.09. The van der Waals surface area contributed by atoms with Crippen molar-refractivity contribution in [1.82, 2.24) is 20.4 Å². The van der Waals surface area contributed by atoms with Gasteiger partial charge in [0.05, 0.1) is 22.9 Å². The lowest BCUT2D eigenvalue weighted by Gasteiger charge is -2.28. The SMILES string of the molecule is CNC1CCOCC1c1nc(-c2cncs2)no1. The van der Waals surface area contributed by atoms with Gasteiger partial charge in [-0.05, 0) is 13.5 Å². The van der Waals surface area contributed by atoms with Crippen molar-refractivity contribution in [1.29, 1.82) is 0 Å². The van der Waals surface area contributed by atoms with Crippen LogP contribution in [0.4, 0.5) is 0 Å². The number of likely N-dealkylation sites (N-methyl/N-ethyl adjacent to an activating group) is 1. The summed E-state index contributed by atoms with van der Waals surface area (Å²) in [6.07, 6.45) is 2.70. The molecule has 2 aromatic rings. The standard InChI is InChI=1S/C11H14N4O2S/c1-12-8-2-3-16-5-7(8)11-14-10(15-17-11)9-4-13-6-18-9/h4,6-8,12H,2-3,5H2,1H3. The second kappa shape index (κ2) is 5.13. The molecule has 2 unspecified atom stereocenters. The normalized spacial score (nSPS) is 24.3. The minimum atomic E-state index is 0.123. The topological polar surface area (TPSA) is 73.1 Å². The van der Waals surface area contributed by atoms with E-state index >= 15 is 0 Å². The highest BCUT2D eigenvalue weighted by Gasteiger charge is 2.30. The predicted molar refractivity (Wildman–Crippen MR) is 66.4 cm³/mol. The molecule has 0 saturated carbocycles. The van der Waals surface area contributed by atoms with Crippen molar-refractivity contribution in [3.05, 3.63) is 17.6 Å². The molecule has 96 valence electrons. The molecule has 3 rings (SSSR count). The first-order valence-electron chi connectivity index (χ1n) is 5.86. The van der Waals surface area contributed by atoms with Crippen LogP contribution in [0.3, 0.4) is 0 Å². The lowest BCUT2D eigenvalue weighted by molar-refractivity contribution is 0.0516. The first-order valence-corrected chi connectivity index (χ1v) is 6.74. The van der Waals surface area contributed by atoms with Crippen molar-refractivity contribution in [2.75, 3.05) is 20.3 Å². The van der Waals surface area contributed by atoms with E-state index in [0.29, 0.717) is 24.4 Å². The van der Waals surface area contributed by atoms with Crippen molar-refractivity contribution < 1.29 is 9.26 Å². The van der Waals surface area contributed by atoms with Crippen molar-refractivity contribution in [3.63, 3.8) is 0 Å². The molecule has 7 heteroatoms. The number of nitrogens with zero attached hydrogens (tertiary/aromatic N) is 3. The molecule has 1 aliphatic heterocycles. The number of aromatic nitrogens is 3. The summed E-state index contributed by atoms with van der Waals surface area (Å²) in [5, 5.41) is 7.28. The van der Waals surface area contributed by atoms with Crippen LogP contribution in [0.25, 0.3) is 10.7 Å². The molecule has 0 aromatic carbocycles. The molecule has 6 nitrogen and oxygen atoms in total. The molecule has 0 aliphatic carbocycles. The molecule has 0 radical (unpaired) electrons. The Morgan fingerprint density at radius 3 is 3.22 bits per heavy atom. The maximum Gasteiger partial charge on any atom is 0.234 e. The van der Waals surface area contributed by atoms with Gasteiger partial charge in [0.15, 0.2) is 0 Å². The van der Waals surface area contributed by atoms with Crippen molar-refractivity contribution in [3.8, 4) is 10.7 Å². The van der Waals surface area contributed by atoms with Crippen LogP contribution in [0, 0.1) is 0 Å². The van der Waals surface area contributed by atoms with Gasteiger partial charge < -0.3 is 14.6 Å². The number of ether oxygens (including phenoxy) is 1. The van der Waals surface area contributed by atoms with Gasteiger partial charge >= 0.3 is 0 Å². The zero-order valence-corrected chi connectivity index (χ0v) is 10.8. The summed E-state index contributed by atoms with van der Waals surface area (Å²) in [6, 6.07) is 0.327. The first-order chi connectivity index (χ1) is 8.88. The third-order valence-electron chi connectivity index (χ3n) is 3.14. The summed E-state index contributed by atoms with van der Waals surface area (Å²) in [7, 11) is 1.95. The van der Waals surface area contributed by atoms with Crippen LogP contribution in [0.5, 0.6) is 0 Å². The molecular weight excluding hydrogens is 252 g/mol. The molecule has 1 fully saturated rings. The molecular formula is C11H14N4O2S. The molecule has 0 spiro atoms. The molecule has 1 aliphatic rings. The summed E-state index contributed by atoms with van der Waals surface area (Å²) in [5.41, 5.74) is 1.76. The van der Waals surface area contributed by atoms with E-state index in [2.05, 4.69) is 20.4 Å². The van der Waals surface area contributed by atoms with Crippen LogP contribution in [-0.2, 0) is 4.74 Å². The highest BCUT2D eigenvalue weighted by atomic mass is 32.1. The highest BCUT2D eigenvalue weighted by Crippen LogP contribution is 2.27. The number of thiazole rings is 1. The number of rotatable bonds is 3. The number of nitrogens with one attached hydrogen (secondary N) is 1. The Balaban J connectivity index is 1.84. The lowest BCUT2D eigenvalue weighted by atomic mass is 9.96. The minimum absolute atomic E-state index is 0.123. The van der Waals surface area contributed by atoms with E-state index in [9.17, 15) is 0 Å². The highest BCUT2D eigenvalue weighted by molar-refractivity contribution is 7.13. The Hall–Kier alpha value is -1.31. The molecule has 0 bridgehead atoms. The fraction of sp³-hybridized carbons (Fsp3) is 0.545. The molecule has 2 atom stereocenters. The average molecular weight is 266 g/mol. The molecule has 1 saturated heterocycles. The third kappa shape index (κ3) is 2.16. The van der Waals surface area contributed by atoms with Crippen molar-refractivity contribution in [2.45, 2.75) is 18.4 Å². The monoisotopic (exact) mass is 266 g/mol. The fourth-order valence-electron chi connectivity index (χ4n) is 2.14. The summed E-state index contributed by atoms with van der Waals surface area (Å²) >= 11 is 1.50. The van der Waals surface area contributed by atoms with Gasteiger partial charge in [0.2, 0.25) is 11.7 Å². The molecule has 3 heterocycles. The number of hydrogen-bond donors (Lipinski definition) is 1. The van der Waals surface area contributed by atoms with E-state index in [1.165, 1.54) is 11.3 Å². The van der Waals surface area contributed by atoms with Crippen LogP contribution >= 0.6 is 11.3 Å². The second-order valence-electron chi connectivity index (χ2n) is 4.19. The third-order valence-corrected chi connectivity index (χ3v) is 3.91. The van der Waals surface area contributed by atoms with Crippen molar-refractivity contribution >= 4 is 11.3 Å². The molecule has 18 heavy (non-hydrogen) atoms. The maximum absolute atomic E-state index is 5.49. The van der Waals surface area contributed by atoms with Gasteiger partial charge in [-0.3, -0.25) is 4.98 Å². The van der Waals surface area contributed by atoms with Gasteiger partial charge in [-0.2, -0.15) is 4.98 Å². The van der Waals surface area contributed by atoms with E-state index in [4.69, 9.17) is 9.26 Å². The van der Waals surface area contributed by atoms with Crippen LogP contribution in [0.15, 0.2) is 16.2 Å². The zero-order chi connectivity index (χ0) is 12.4. The summed E-state index contributed by atoms with van der Waals surface area (Å²) in [6.45, 7) is 1.40. The largest absolute Gasteiger partial charge is 0.381 e. The van der Waals surface area contributed by atoms with Gasteiger partial charge in [-0.15, -0.1) is 11.3 Å². The van der Waals surface area contributed by atoms with Crippen LogP contribution in [0.1, 0.15) is 18.2 Å². The lowest BCUT2D eigenvalue weighted by Crippen LogP contribution is -2.39. The smallest absolute Gasteiger partial charge is 0.234 e. The Labute approximate surface area is 108 Å². The molecule has 0 amide bonds. The number of hydrogen-bond acceptors (Lipinski definition) is 7. The summed E-state index contributed by atoms with van der Waals surface area (Å²) in [5.74, 6) is 1.36. The fourth-order valence-corrected chi connectivity index (χ4v) is 2.68. The molecule has 2 aromatic heterocycles. The van der Waals surface area contributed by atoms with E-state index in [1.54, 1.807) is 11.7 Å². The first kappa shape index (κ1) is 11.8. The Bertz CT molecular complexity index is 499. The van der Waals surface area contributed by atoms with Crippen LogP contribution in [-0.4, -0.2) is 41.4 Å². The van der Waals surface area contributed by atoms with E-state index in [1.807, 2.05) is 7.05 Å². The van der Waals surface area contributed by atoms with Gasteiger partial charge in [-0.25, -0.2) is 0 Å². The maximum atomic E-state index is 5.49. The molecule has 1 N–H and O–H groups in total. The van der Waals surface area contributed by atoms with E-state index in [0.717, 1.165) is 17.9 Å². The summed E-state index contributed by atoms with van der Waals surface area (Å²) in [4.78, 5) is 9.38. The van der Waals surface area contributed by atoms with Gasteiger partial charge in [-0.1, -0.05) is 5.16 Å². The van der Waals surface area contributed by atoms with Gasteiger partial charge in [0.1, 0.15) is 0 Å². The Morgan fingerprint density at radius 1 is 1.50 bits per heavy atom. The Morgan fingerprint density at radius 2 is 2.44 bits per heavy atom. The zero-order valence-electron chi connectivity index (χ0n) is 10.00. The minimum Gasteiger partial charge on any atom is -0.381 e. The van der Waals surface area contributed by atoms with Crippen molar-refractivity contribution in [2.24, 2.45) is 0 Å². The Kier molecular flexibility index (Phi) is 3.35. The van der Waals surface area contributed by atoms with E-state index < -0.39 is 0 Å². The quantitative estimate of drug-likeness (QED) is 0.902. The van der Waals surface area contributed by atoms with Gasteiger partial charge in [0, 0.05) is 18.8 Å². The van der Waals surface area contributed by atoms with Crippen LogP contribution in [0.2, 0.25) is 0 Å². The predicted octanol–water partition coefficient (Wildman–Crippen LogP) is 1.28. The van der Waals surface area contributed by atoms with Crippen LogP contribution < -0.4 is 5.32 Å². The van der Waals surface area contributed by atoms with Gasteiger partial charge in [0.25, 0.3) is 0 Å². The second-order valence-corrected chi connectivity index (χ2v) is 5.07. The van der Waals surface area contributed by atoms with E-state index in [-0.39, 0.29) is 5.92 Å². The summed E-state index contributed by atoms with van der Waals surface area (Å²) < 4.78 is 10.8.